The van der Waals surface area contributed by atoms with Gasteiger partial charge in [0.2, 0.25) is 5.91 Å². The number of nitrogen functional groups attached to an aromatic ring is 1. The first-order valence-electron chi connectivity index (χ1n) is 4.90. The lowest BCUT2D eigenvalue weighted by Gasteiger charge is -2.16. The van der Waals surface area contributed by atoms with E-state index in [-0.39, 0.29) is 5.91 Å². The van der Waals surface area contributed by atoms with Gasteiger partial charge in [-0.25, -0.2) is 0 Å². The lowest BCUT2D eigenvalue weighted by molar-refractivity contribution is -0.117. The number of fused-ring (bicyclic) bond motifs is 1. The normalized spacial score (nSPS) is 14.5. The molecule has 2 N–H and O–H groups in total. The molecule has 0 fully saturated rings. The molecule has 15 heavy (non-hydrogen) atoms. The highest BCUT2D eigenvalue weighted by Gasteiger charge is 2.26. The predicted molar refractivity (Wildman–Crippen MR) is 65.3 cm³/mol. The van der Waals surface area contributed by atoms with Crippen molar-refractivity contribution in [1.29, 1.82) is 0 Å². The molecule has 1 heterocycles. The molecule has 1 aromatic rings. The lowest BCUT2D eigenvalue weighted by atomic mass is 10.1. The monoisotopic (exact) mass is 222 g/mol. The van der Waals surface area contributed by atoms with E-state index in [9.17, 15) is 4.79 Å². The van der Waals surface area contributed by atoms with Crippen LogP contribution in [0.4, 0.5) is 11.4 Å². The molecule has 0 unspecified atom stereocenters. The third kappa shape index (κ3) is 1.95. The molecule has 0 bridgehead atoms. The van der Waals surface area contributed by atoms with E-state index in [0.717, 1.165) is 29.2 Å². The number of hydrogen-bond donors (Lipinski definition) is 1. The summed E-state index contributed by atoms with van der Waals surface area (Å²) in [6.45, 7) is 0.789. The summed E-state index contributed by atoms with van der Waals surface area (Å²) < 4.78 is 0. The van der Waals surface area contributed by atoms with E-state index in [0.29, 0.717) is 6.42 Å². The molecule has 0 radical (unpaired) electrons. The fourth-order valence-corrected chi connectivity index (χ4v) is 2.20. The van der Waals surface area contributed by atoms with Gasteiger partial charge in [-0.2, -0.15) is 11.8 Å². The summed E-state index contributed by atoms with van der Waals surface area (Å²) in [5.41, 5.74) is 8.51. The summed E-state index contributed by atoms with van der Waals surface area (Å²) in [7, 11) is 0. The zero-order valence-corrected chi connectivity index (χ0v) is 9.51. The summed E-state index contributed by atoms with van der Waals surface area (Å²) in [6.07, 6.45) is 2.54. The largest absolute Gasteiger partial charge is 0.399 e. The van der Waals surface area contributed by atoms with Crippen LogP contribution in [0.3, 0.4) is 0 Å². The van der Waals surface area contributed by atoms with Gasteiger partial charge in [-0.05, 0) is 30.0 Å². The molecule has 0 atom stereocenters. The molecule has 0 aromatic heterocycles. The molecule has 1 aromatic carbocycles. The second-order valence-corrected chi connectivity index (χ2v) is 4.59. The number of rotatable bonds is 3. The Morgan fingerprint density at radius 2 is 2.33 bits per heavy atom. The van der Waals surface area contributed by atoms with Gasteiger partial charge in [0.25, 0.3) is 0 Å². The fourth-order valence-electron chi connectivity index (χ4n) is 1.83. The van der Waals surface area contributed by atoms with E-state index >= 15 is 0 Å². The number of nitrogens with zero attached hydrogens (tertiary/aromatic N) is 1. The van der Waals surface area contributed by atoms with Gasteiger partial charge >= 0.3 is 0 Å². The molecular weight excluding hydrogens is 208 g/mol. The van der Waals surface area contributed by atoms with E-state index in [2.05, 4.69) is 0 Å². The Labute approximate surface area is 93.6 Å². The summed E-state index contributed by atoms with van der Waals surface area (Å²) in [5.74, 6) is 1.15. The van der Waals surface area contributed by atoms with Gasteiger partial charge < -0.3 is 10.6 Å². The SMILES string of the molecule is CSCCN1C(=O)Cc2cc(N)ccc21. The Bertz CT molecular complexity index is 392. The van der Waals surface area contributed by atoms with Crippen molar-refractivity contribution in [3.05, 3.63) is 23.8 Å². The Balaban J connectivity index is 2.25. The number of thioether (sulfide) groups is 1. The van der Waals surface area contributed by atoms with Gasteiger partial charge in [0.1, 0.15) is 0 Å². The minimum atomic E-state index is 0.185. The van der Waals surface area contributed by atoms with Crippen molar-refractivity contribution in [1.82, 2.24) is 0 Å². The Kier molecular flexibility index (Phi) is 2.86. The average Bonchev–Trinajstić information content (AvgIpc) is 2.50. The van der Waals surface area contributed by atoms with Crippen molar-refractivity contribution >= 4 is 29.0 Å². The van der Waals surface area contributed by atoms with Gasteiger partial charge in [0.15, 0.2) is 0 Å². The van der Waals surface area contributed by atoms with E-state index < -0.39 is 0 Å². The highest BCUT2D eigenvalue weighted by Crippen LogP contribution is 2.30. The molecule has 1 amide bonds. The number of anilines is 2. The van der Waals surface area contributed by atoms with E-state index in [1.807, 2.05) is 29.4 Å². The molecule has 1 aliphatic rings. The zero-order valence-electron chi connectivity index (χ0n) is 8.69. The molecule has 4 heteroatoms. The Morgan fingerprint density at radius 1 is 1.53 bits per heavy atom. The quantitative estimate of drug-likeness (QED) is 0.789. The fraction of sp³-hybridized carbons (Fsp3) is 0.364. The van der Waals surface area contributed by atoms with Crippen LogP contribution in [0.15, 0.2) is 18.2 Å². The van der Waals surface area contributed by atoms with Crippen LogP contribution in [-0.2, 0) is 11.2 Å². The maximum atomic E-state index is 11.7. The molecule has 0 aliphatic carbocycles. The number of carbonyl (C=O) groups excluding carboxylic acids is 1. The molecule has 1 aliphatic heterocycles. The van der Waals surface area contributed by atoms with Crippen LogP contribution in [0.5, 0.6) is 0 Å². The van der Waals surface area contributed by atoms with Crippen molar-refractivity contribution < 1.29 is 4.79 Å². The van der Waals surface area contributed by atoms with Crippen LogP contribution in [0, 0.1) is 0 Å². The van der Waals surface area contributed by atoms with E-state index in [4.69, 9.17) is 5.73 Å². The predicted octanol–water partition coefficient (Wildman–Crippen LogP) is 1.52. The zero-order chi connectivity index (χ0) is 10.8. The third-order valence-corrected chi connectivity index (χ3v) is 3.15. The van der Waals surface area contributed by atoms with E-state index in [1.165, 1.54) is 0 Å². The molecule has 2 rings (SSSR count). The summed E-state index contributed by atoms with van der Waals surface area (Å²) in [4.78, 5) is 13.6. The number of amides is 1. The van der Waals surface area contributed by atoms with Gasteiger partial charge in [-0.1, -0.05) is 0 Å². The molecule has 0 saturated heterocycles. The number of benzene rings is 1. The summed E-state index contributed by atoms with van der Waals surface area (Å²) >= 11 is 1.75. The first-order chi connectivity index (χ1) is 7.22. The number of nitrogens with two attached hydrogens (primary N) is 1. The second kappa shape index (κ2) is 4.14. The highest BCUT2D eigenvalue weighted by molar-refractivity contribution is 7.98. The van der Waals surface area contributed by atoms with Crippen LogP contribution in [0.25, 0.3) is 0 Å². The van der Waals surface area contributed by atoms with Crippen molar-refractivity contribution in [3.63, 3.8) is 0 Å². The average molecular weight is 222 g/mol. The van der Waals surface area contributed by atoms with Gasteiger partial charge in [0.05, 0.1) is 6.42 Å². The molecule has 80 valence electrons. The summed E-state index contributed by atoms with van der Waals surface area (Å²) in [6, 6.07) is 5.69. The standard InChI is InChI=1S/C11H14N2OS/c1-15-5-4-13-10-3-2-9(12)6-8(10)7-11(13)14/h2-3,6H,4-5,7,12H2,1H3. The minimum Gasteiger partial charge on any atom is -0.399 e. The number of carbonyl (C=O) groups is 1. The van der Waals surface area contributed by atoms with Crippen molar-refractivity contribution in [2.75, 3.05) is 29.2 Å². The lowest BCUT2D eigenvalue weighted by Crippen LogP contribution is -2.28. The van der Waals surface area contributed by atoms with Gasteiger partial charge in [0, 0.05) is 23.7 Å². The first-order valence-corrected chi connectivity index (χ1v) is 6.29. The first kappa shape index (κ1) is 10.4. The topological polar surface area (TPSA) is 46.3 Å². The Hall–Kier alpha value is -1.16. The number of hydrogen-bond acceptors (Lipinski definition) is 3. The van der Waals surface area contributed by atoms with Gasteiger partial charge in [-0.15, -0.1) is 0 Å². The maximum Gasteiger partial charge on any atom is 0.231 e. The Morgan fingerprint density at radius 3 is 3.07 bits per heavy atom. The van der Waals surface area contributed by atoms with Crippen LogP contribution in [-0.4, -0.2) is 24.5 Å². The van der Waals surface area contributed by atoms with Crippen molar-refractivity contribution in [2.45, 2.75) is 6.42 Å². The van der Waals surface area contributed by atoms with Crippen molar-refractivity contribution in [3.8, 4) is 0 Å². The molecule has 0 saturated carbocycles. The maximum absolute atomic E-state index is 11.7. The summed E-state index contributed by atoms with van der Waals surface area (Å²) in [5, 5.41) is 0. The van der Waals surface area contributed by atoms with Crippen LogP contribution in [0.2, 0.25) is 0 Å². The van der Waals surface area contributed by atoms with Gasteiger partial charge in [-0.3, -0.25) is 4.79 Å². The smallest absolute Gasteiger partial charge is 0.231 e. The second-order valence-electron chi connectivity index (χ2n) is 3.60. The molecule has 0 spiro atoms. The van der Waals surface area contributed by atoms with Crippen LogP contribution >= 0.6 is 11.8 Å². The van der Waals surface area contributed by atoms with Crippen molar-refractivity contribution in [2.24, 2.45) is 0 Å². The van der Waals surface area contributed by atoms with Crippen LogP contribution in [0.1, 0.15) is 5.56 Å². The van der Waals surface area contributed by atoms with E-state index in [1.54, 1.807) is 11.8 Å². The molecular formula is C11H14N2OS. The molecule has 3 nitrogen and oxygen atoms in total. The minimum absolute atomic E-state index is 0.185. The highest BCUT2D eigenvalue weighted by atomic mass is 32.2. The third-order valence-electron chi connectivity index (χ3n) is 2.56. The van der Waals surface area contributed by atoms with Crippen LogP contribution < -0.4 is 10.6 Å².